The smallest absolute Gasteiger partial charge is 0.227 e. The van der Waals surface area contributed by atoms with Crippen LogP contribution < -0.4 is 4.90 Å². The van der Waals surface area contributed by atoms with Gasteiger partial charge in [0, 0.05) is 13.0 Å². The lowest BCUT2D eigenvalue weighted by Gasteiger charge is -2.18. The van der Waals surface area contributed by atoms with Crippen molar-refractivity contribution in [2.45, 2.75) is 13.3 Å². The van der Waals surface area contributed by atoms with Crippen LogP contribution in [0.2, 0.25) is 0 Å². The van der Waals surface area contributed by atoms with Crippen LogP contribution in [-0.2, 0) is 4.79 Å². The van der Waals surface area contributed by atoms with Crippen LogP contribution in [0.25, 0.3) is 0 Å². The number of anilines is 1. The molecule has 2 rings (SSSR count). The minimum Gasteiger partial charge on any atom is -0.307 e. The summed E-state index contributed by atoms with van der Waals surface area (Å²) in [5.74, 6) is -0.992. The molecule has 2 nitrogen and oxygen atoms in total. The Hall–Kier alpha value is -1.10. The fraction of sp³-hybridized carbons (Fsp3) is 0.417. The molecule has 1 heterocycles. The van der Waals surface area contributed by atoms with Crippen molar-refractivity contribution in [2.75, 3.05) is 17.2 Å². The van der Waals surface area contributed by atoms with Crippen LogP contribution in [0.5, 0.6) is 0 Å². The van der Waals surface area contributed by atoms with Gasteiger partial charge in [-0.25, -0.2) is 8.78 Å². The Kier molecular flexibility index (Phi) is 3.38. The van der Waals surface area contributed by atoms with Gasteiger partial charge in [0.25, 0.3) is 0 Å². The van der Waals surface area contributed by atoms with Crippen LogP contribution in [0.15, 0.2) is 12.1 Å². The van der Waals surface area contributed by atoms with Crippen molar-refractivity contribution in [3.05, 3.63) is 29.3 Å². The monoisotopic (exact) mass is 257 g/mol. The highest BCUT2D eigenvalue weighted by molar-refractivity contribution is 7.80. The first-order valence-corrected chi connectivity index (χ1v) is 6.03. The van der Waals surface area contributed by atoms with Crippen LogP contribution >= 0.6 is 12.6 Å². The van der Waals surface area contributed by atoms with E-state index in [2.05, 4.69) is 12.6 Å². The van der Waals surface area contributed by atoms with Crippen LogP contribution in [-0.4, -0.2) is 18.2 Å². The zero-order valence-corrected chi connectivity index (χ0v) is 10.3. The second-order valence-corrected chi connectivity index (χ2v) is 4.65. The first-order chi connectivity index (χ1) is 8.04. The van der Waals surface area contributed by atoms with Gasteiger partial charge in [0.1, 0.15) is 11.5 Å². The fourth-order valence-electron chi connectivity index (χ4n) is 2.01. The van der Waals surface area contributed by atoms with Gasteiger partial charge in [-0.3, -0.25) is 4.79 Å². The SMILES string of the molecule is Cc1ccc(F)c(N2CC(CS)CC2=O)c1F. The minimum absolute atomic E-state index is 0.0603. The number of nitrogens with zero attached hydrogens (tertiary/aromatic N) is 1. The largest absolute Gasteiger partial charge is 0.307 e. The molecule has 0 spiro atoms. The summed E-state index contributed by atoms with van der Waals surface area (Å²) in [5, 5.41) is 0. The number of aryl methyl sites for hydroxylation is 1. The van der Waals surface area contributed by atoms with E-state index in [4.69, 9.17) is 0 Å². The second-order valence-electron chi connectivity index (χ2n) is 4.28. The molecule has 1 unspecified atom stereocenters. The average molecular weight is 257 g/mol. The van der Waals surface area contributed by atoms with Crippen LogP contribution in [0, 0.1) is 24.5 Å². The highest BCUT2D eigenvalue weighted by Crippen LogP contribution is 2.31. The van der Waals surface area contributed by atoms with E-state index in [1.807, 2.05) is 0 Å². The van der Waals surface area contributed by atoms with Crippen LogP contribution in [0.4, 0.5) is 14.5 Å². The maximum atomic E-state index is 13.9. The maximum absolute atomic E-state index is 13.9. The highest BCUT2D eigenvalue weighted by Gasteiger charge is 2.33. The molecule has 0 aromatic heterocycles. The second kappa shape index (κ2) is 4.64. The molecule has 0 aliphatic carbocycles. The summed E-state index contributed by atoms with van der Waals surface area (Å²) in [5.41, 5.74) is 0.114. The predicted octanol–water partition coefficient (Wildman–Crippen LogP) is 2.56. The van der Waals surface area contributed by atoms with Gasteiger partial charge in [-0.2, -0.15) is 12.6 Å². The topological polar surface area (TPSA) is 20.3 Å². The molecular formula is C12H13F2NOS. The molecule has 1 aromatic carbocycles. The van der Waals surface area contributed by atoms with E-state index >= 15 is 0 Å². The van der Waals surface area contributed by atoms with Crippen molar-refractivity contribution in [3.63, 3.8) is 0 Å². The summed E-state index contributed by atoms with van der Waals surface area (Å²) in [6, 6.07) is 2.56. The summed E-state index contributed by atoms with van der Waals surface area (Å²) in [7, 11) is 0. The lowest BCUT2D eigenvalue weighted by Crippen LogP contribution is -2.27. The van der Waals surface area contributed by atoms with E-state index in [0.29, 0.717) is 24.3 Å². The normalized spacial score (nSPS) is 20.1. The highest BCUT2D eigenvalue weighted by atomic mass is 32.1. The molecule has 0 radical (unpaired) electrons. The van der Waals surface area contributed by atoms with Crippen molar-refractivity contribution < 1.29 is 13.6 Å². The van der Waals surface area contributed by atoms with Crippen molar-refractivity contribution in [1.82, 2.24) is 0 Å². The molecule has 0 saturated carbocycles. The van der Waals surface area contributed by atoms with Gasteiger partial charge >= 0.3 is 0 Å². The molecule has 0 bridgehead atoms. The lowest BCUT2D eigenvalue weighted by atomic mass is 10.1. The van der Waals surface area contributed by atoms with Crippen molar-refractivity contribution >= 4 is 24.2 Å². The lowest BCUT2D eigenvalue weighted by molar-refractivity contribution is -0.117. The van der Waals surface area contributed by atoms with E-state index < -0.39 is 11.6 Å². The summed E-state index contributed by atoms with van der Waals surface area (Å²) < 4.78 is 27.5. The molecule has 1 saturated heterocycles. The van der Waals surface area contributed by atoms with Gasteiger partial charge in [-0.1, -0.05) is 6.07 Å². The van der Waals surface area contributed by atoms with E-state index in [1.165, 1.54) is 17.0 Å². The Morgan fingerprint density at radius 3 is 2.76 bits per heavy atom. The third kappa shape index (κ3) is 2.16. The fourth-order valence-corrected chi connectivity index (χ4v) is 2.25. The summed E-state index contributed by atoms with van der Waals surface area (Å²) in [6.45, 7) is 1.88. The Bertz CT molecular complexity index is 464. The van der Waals surface area contributed by atoms with E-state index in [9.17, 15) is 13.6 Å². The molecule has 0 N–H and O–H groups in total. The Morgan fingerprint density at radius 1 is 1.47 bits per heavy atom. The molecule has 1 aliphatic heterocycles. The van der Waals surface area contributed by atoms with Crippen LogP contribution in [0.3, 0.4) is 0 Å². The first-order valence-electron chi connectivity index (χ1n) is 5.40. The Labute approximate surface area is 104 Å². The third-order valence-electron chi connectivity index (χ3n) is 2.99. The summed E-state index contributed by atoms with van der Waals surface area (Å²) in [6.07, 6.45) is 0.302. The molecule has 1 fully saturated rings. The minimum atomic E-state index is -0.693. The number of carbonyl (C=O) groups is 1. The zero-order chi connectivity index (χ0) is 12.6. The number of hydrogen-bond acceptors (Lipinski definition) is 2. The number of benzene rings is 1. The number of rotatable bonds is 2. The summed E-state index contributed by atoms with van der Waals surface area (Å²) in [4.78, 5) is 12.9. The summed E-state index contributed by atoms with van der Waals surface area (Å²) >= 11 is 4.12. The van der Waals surface area contributed by atoms with Gasteiger partial charge in [0.2, 0.25) is 5.91 Å². The maximum Gasteiger partial charge on any atom is 0.227 e. The molecular weight excluding hydrogens is 244 g/mol. The van der Waals surface area contributed by atoms with Gasteiger partial charge < -0.3 is 4.90 Å². The Balaban J connectivity index is 2.41. The van der Waals surface area contributed by atoms with Gasteiger partial charge in [0.15, 0.2) is 5.82 Å². The third-order valence-corrected chi connectivity index (χ3v) is 3.51. The molecule has 92 valence electrons. The van der Waals surface area contributed by atoms with Gasteiger partial charge in [-0.15, -0.1) is 0 Å². The van der Waals surface area contributed by atoms with Crippen molar-refractivity contribution in [1.29, 1.82) is 0 Å². The van der Waals surface area contributed by atoms with E-state index in [0.717, 1.165) is 0 Å². The van der Waals surface area contributed by atoms with Gasteiger partial charge in [0.05, 0.1) is 0 Å². The predicted molar refractivity (Wildman–Crippen MR) is 65.4 cm³/mol. The standard InChI is InChI=1S/C12H13F2NOS/c1-7-2-3-9(13)12(11(7)14)15-5-8(6-17)4-10(15)16/h2-3,8,17H,4-6H2,1H3. The van der Waals surface area contributed by atoms with Gasteiger partial charge in [-0.05, 0) is 30.2 Å². The van der Waals surface area contributed by atoms with E-state index in [-0.39, 0.29) is 17.5 Å². The number of halogens is 2. The molecule has 1 aromatic rings. The molecule has 17 heavy (non-hydrogen) atoms. The molecule has 1 aliphatic rings. The van der Waals surface area contributed by atoms with Crippen LogP contribution in [0.1, 0.15) is 12.0 Å². The zero-order valence-electron chi connectivity index (χ0n) is 9.41. The number of carbonyl (C=O) groups excluding carboxylic acids is 1. The number of amides is 1. The molecule has 1 amide bonds. The average Bonchev–Trinajstić information content (AvgIpc) is 2.66. The van der Waals surface area contributed by atoms with Crippen molar-refractivity contribution in [2.24, 2.45) is 5.92 Å². The molecule has 1 atom stereocenters. The Morgan fingerprint density at radius 2 is 2.18 bits per heavy atom. The van der Waals surface area contributed by atoms with E-state index in [1.54, 1.807) is 6.92 Å². The first kappa shape index (κ1) is 12.4. The number of thiol groups is 1. The molecule has 5 heteroatoms. The quantitative estimate of drug-likeness (QED) is 0.807. The number of hydrogen-bond donors (Lipinski definition) is 1. The van der Waals surface area contributed by atoms with Crippen molar-refractivity contribution in [3.8, 4) is 0 Å².